The average molecular weight is 283 g/mol. The molecule has 2 saturated heterocycles. The summed E-state index contributed by atoms with van der Waals surface area (Å²) in [5.74, 6) is -0.0783. The molecule has 0 radical (unpaired) electrons. The maximum Gasteiger partial charge on any atom is 0.273 e. The number of hydrogen-bond acceptors (Lipinski definition) is 4. The van der Waals surface area contributed by atoms with E-state index < -0.39 is 0 Å². The highest BCUT2D eigenvalue weighted by Crippen LogP contribution is 2.30. The van der Waals surface area contributed by atoms with Crippen LogP contribution in [0.15, 0.2) is 18.3 Å². The Morgan fingerprint density at radius 2 is 2.11 bits per heavy atom. The first-order valence-corrected chi connectivity index (χ1v) is 6.68. The average Bonchev–Trinajstić information content (AvgIpc) is 2.88. The predicted molar refractivity (Wildman–Crippen MR) is 69.3 cm³/mol. The van der Waals surface area contributed by atoms with Gasteiger partial charge in [0.25, 0.3) is 5.91 Å². The molecule has 1 aromatic heterocycles. The van der Waals surface area contributed by atoms with Gasteiger partial charge in [0.1, 0.15) is 5.69 Å². The van der Waals surface area contributed by atoms with Crippen molar-refractivity contribution in [1.82, 2.24) is 9.88 Å². The second kappa shape index (κ2) is 5.07. The lowest BCUT2D eigenvalue weighted by molar-refractivity contribution is -0.0553. The number of carbonyl (C=O) groups excluding carboxylic acids is 1. The molecule has 1 amide bonds. The molecule has 3 heterocycles. The fourth-order valence-corrected chi connectivity index (χ4v) is 2.73. The highest BCUT2D eigenvalue weighted by Gasteiger charge is 2.45. The van der Waals surface area contributed by atoms with Crippen molar-refractivity contribution in [3.63, 3.8) is 0 Å². The lowest BCUT2D eigenvalue weighted by atomic mass is 9.95. The molecule has 1 aromatic rings. The summed E-state index contributed by atoms with van der Waals surface area (Å²) in [7, 11) is 0. The van der Waals surface area contributed by atoms with E-state index in [2.05, 4.69) is 4.98 Å². The normalized spacial score (nSPS) is 26.9. The zero-order valence-electron chi connectivity index (χ0n) is 10.5. The third kappa shape index (κ3) is 2.33. The van der Waals surface area contributed by atoms with Crippen molar-refractivity contribution in [3.8, 4) is 0 Å². The number of carbonyl (C=O) groups is 1. The second-order valence-corrected chi connectivity index (χ2v) is 5.33. The van der Waals surface area contributed by atoms with Gasteiger partial charge in [-0.25, -0.2) is 4.98 Å². The van der Waals surface area contributed by atoms with Gasteiger partial charge in [0.05, 0.1) is 30.4 Å². The lowest BCUT2D eigenvalue weighted by Crippen LogP contribution is -2.59. The third-order valence-corrected chi connectivity index (χ3v) is 3.90. The van der Waals surface area contributed by atoms with Crippen LogP contribution in [0, 0.1) is 0 Å². The van der Waals surface area contributed by atoms with E-state index in [4.69, 9.17) is 21.1 Å². The summed E-state index contributed by atoms with van der Waals surface area (Å²) in [5, 5.41) is 0.525. The quantitative estimate of drug-likeness (QED) is 0.781. The largest absolute Gasteiger partial charge is 0.379 e. The number of hydrogen-bond donors (Lipinski definition) is 0. The number of rotatable bonds is 1. The van der Waals surface area contributed by atoms with Crippen molar-refractivity contribution in [2.75, 3.05) is 33.0 Å². The smallest absolute Gasteiger partial charge is 0.273 e. The first kappa shape index (κ1) is 12.8. The molecule has 1 atom stereocenters. The van der Waals surface area contributed by atoms with Crippen LogP contribution in [0.2, 0.25) is 5.02 Å². The van der Waals surface area contributed by atoms with Crippen LogP contribution in [-0.4, -0.2) is 54.3 Å². The van der Waals surface area contributed by atoms with Crippen LogP contribution in [0.3, 0.4) is 0 Å². The molecule has 1 unspecified atom stereocenters. The standard InChI is InChI=1S/C13H15ClN2O3/c14-10-1-2-11(15-7-10)12(17)16-4-6-19-9-13(16)3-5-18-8-13/h1-2,7H,3-6,8-9H2. The van der Waals surface area contributed by atoms with Crippen LogP contribution in [0.5, 0.6) is 0 Å². The molecule has 2 aliphatic heterocycles. The molecular weight excluding hydrogens is 268 g/mol. The molecule has 0 aromatic carbocycles. The Hall–Kier alpha value is -1.17. The van der Waals surface area contributed by atoms with Crippen molar-refractivity contribution >= 4 is 17.5 Å². The predicted octanol–water partition coefficient (Wildman–Crippen LogP) is 1.37. The van der Waals surface area contributed by atoms with Crippen molar-refractivity contribution in [1.29, 1.82) is 0 Å². The van der Waals surface area contributed by atoms with Gasteiger partial charge in [0, 0.05) is 19.3 Å². The van der Waals surface area contributed by atoms with Crippen LogP contribution in [0.4, 0.5) is 0 Å². The molecule has 102 valence electrons. The third-order valence-electron chi connectivity index (χ3n) is 3.68. The number of nitrogens with zero attached hydrogens (tertiary/aromatic N) is 2. The number of ether oxygens (including phenoxy) is 2. The maximum atomic E-state index is 12.6. The fourth-order valence-electron chi connectivity index (χ4n) is 2.61. The molecular formula is C13H15ClN2O3. The Balaban J connectivity index is 1.86. The zero-order chi connectivity index (χ0) is 13.3. The van der Waals surface area contributed by atoms with Crippen LogP contribution in [-0.2, 0) is 9.47 Å². The number of pyridine rings is 1. The van der Waals surface area contributed by atoms with Crippen LogP contribution < -0.4 is 0 Å². The topological polar surface area (TPSA) is 51.7 Å². The Morgan fingerprint density at radius 1 is 1.32 bits per heavy atom. The van der Waals surface area contributed by atoms with E-state index in [1.165, 1.54) is 6.20 Å². The number of aromatic nitrogens is 1. The molecule has 2 fully saturated rings. The van der Waals surface area contributed by atoms with Gasteiger partial charge < -0.3 is 14.4 Å². The van der Waals surface area contributed by atoms with Gasteiger partial charge >= 0.3 is 0 Å². The number of morpholine rings is 1. The maximum absolute atomic E-state index is 12.6. The summed E-state index contributed by atoms with van der Waals surface area (Å²) >= 11 is 5.80. The zero-order valence-corrected chi connectivity index (χ0v) is 11.2. The van der Waals surface area contributed by atoms with Gasteiger partial charge in [-0.2, -0.15) is 0 Å². The molecule has 3 rings (SSSR count). The number of amides is 1. The van der Waals surface area contributed by atoms with Crippen LogP contribution in [0.25, 0.3) is 0 Å². The summed E-state index contributed by atoms with van der Waals surface area (Å²) in [6.07, 6.45) is 2.30. The summed E-state index contributed by atoms with van der Waals surface area (Å²) in [4.78, 5) is 18.5. The van der Waals surface area contributed by atoms with Gasteiger partial charge in [-0.05, 0) is 18.6 Å². The first-order valence-electron chi connectivity index (χ1n) is 6.30. The van der Waals surface area contributed by atoms with E-state index in [0.29, 0.717) is 43.7 Å². The summed E-state index contributed by atoms with van der Waals surface area (Å²) < 4.78 is 11.0. The minimum absolute atomic E-state index is 0.0783. The van der Waals surface area contributed by atoms with E-state index in [1.54, 1.807) is 12.1 Å². The molecule has 19 heavy (non-hydrogen) atoms. The van der Waals surface area contributed by atoms with Crippen molar-refractivity contribution < 1.29 is 14.3 Å². The molecule has 2 aliphatic rings. The molecule has 1 spiro atoms. The van der Waals surface area contributed by atoms with Crippen molar-refractivity contribution in [2.45, 2.75) is 12.0 Å². The van der Waals surface area contributed by atoms with E-state index in [0.717, 1.165) is 6.42 Å². The van der Waals surface area contributed by atoms with E-state index in [-0.39, 0.29) is 11.4 Å². The molecule has 0 N–H and O–H groups in total. The van der Waals surface area contributed by atoms with Crippen molar-refractivity contribution in [3.05, 3.63) is 29.0 Å². The Kier molecular flexibility index (Phi) is 3.43. The summed E-state index contributed by atoms with van der Waals surface area (Å²) in [5.41, 5.74) is 0.0917. The van der Waals surface area contributed by atoms with Crippen molar-refractivity contribution in [2.24, 2.45) is 0 Å². The minimum Gasteiger partial charge on any atom is -0.379 e. The van der Waals surface area contributed by atoms with E-state index in [1.807, 2.05) is 4.90 Å². The lowest BCUT2D eigenvalue weighted by Gasteiger charge is -2.43. The van der Waals surface area contributed by atoms with Gasteiger partial charge in [-0.15, -0.1) is 0 Å². The molecule has 0 bridgehead atoms. The fraction of sp³-hybridized carbons (Fsp3) is 0.538. The first-order chi connectivity index (χ1) is 9.21. The molecule has 6 heteroatoms. The van der Waals surface area contributed by atoms with Crippen LogP contribution in [0.1, 0.15) is 16.9 Å². The molecule has 0 saturated carbocycles. The van der Waals surface area contributed by atoms with Gasteiger partial charge in [-0.1, -0.05) is 11.6 Å². The molecule has 0 aliphatic carbocycles. The van der Waals surface area contributed by atoms with E-state index in [9.17, 15) is 4.79 Å². The summed E-state index contributed by atoms with van der Waals surface area (Å²) in [6, 6.07) is 3.34. The van der Waals surface area contributed by atoms with Gasteiger partial charge in [-0.3, -0.25) is 4.79 Å². The Morgan fingerprint density at radius 3 is 2.79 bits per heavy atom. The Bertz CT molecular complexity index is 471. The monoisotopic (exact) mass is 282 g/mol. The Labute approximate surface area is 116 Å². The highest BCUT2D eigenvalue weighted by molar-refractivity contribution is 6.30. The summed E-state index contributed by atoms with van der Waals surface area (Å²) in [6.45, 7) is 2.87. The SMILES string of the molecule is O=C(c1ccc(Cl)cn1)N1CCOCC12CCOC2. The van der Waals surface area contributed by atoms with Gasteiger partial charge in [0.2, 0.25) is 0 Å². The second-order valence-electron chi connectivity index (χ2n) is 4.90. The minimum atomic E-state index is -0.323. The van der Waals surface area contributed by atoms with Gasteiger partial charge in [0.15, 0.2) is 0 Å². The number of halogens is 1. The highest BCUT2D eigenvalue weighted by atomic mass is 35.5. The van der Waals surface area contributed by atoms with E-state index >= 15 is 0 Å². The molecule has 5 nitrogen and oxygen atoms in total. The van der Waals surface area contributed by atoms with Crippen LogP contribution >= 0.6 is 11.6 Å².